The lowest BCUT2D eigenvalue weighted by atomic mass is 9.82. The van der Waals surface area contributed by atoms with Gasteiger partial charge in [-0.3, -0.25) is 10.1 Å². The molecule has 24 heavy (non-hydrogen) atoms. The Balaban J connectivity index is 1.64. The van der Waals surface area contributed by atoms with Crippen molar-refractivity contribution >= 4 is 5.91 Å². The van der Waals surface area contributed by atoms with Crippen LogP contribution in [-0.4, -0.2) is 17.5 Å². The smallest absolute Gasteiger partial charge is 0.238 e. The zero-order valence-electron chi connectivity index (χ0n) is 14.5. The summed E-state index contributed by atoms with van der Waals surface area (Å²) in [4.78, 5) is 12.6. The summed E-state index contributed by atoms with van der Waals surface area (Å²) < 4.78 is 0. The van der Waals surface area contributed by atoms with Gasteiger partial charge in [0.15, 0.2) is 0 Å². The van der Waals surface area contributed by atoms with Gasteiger partial charge in [0, 0.05) is 6.04 Å². The second-order valence-electron chi connectivity index (χ2n) is 7.28. The number of benzene rings is 1. The zero-order chi connectivity index (χ0) is 17.0. The summed E-state index contributed by atoms with van der Waals surface area (Å²) in [5.74, 6) is -0.0542. The van der Waals surface area contributed by atoms with E-state index >= 15 is 0 Å². The maximum atomic E-state index is 12.6. The van der Waals surface area contributed by atoms with Gasteiger partial charge in [0.1, 0.15) is 5.54 Å². The van der Waals surface area contributed by atoms with E-state index in [4.69, 9.17) is 0 Å². The number of carbonyl (C=O) groups is 1. The summed E-state index contributed by atoms with van der Waals surface area (Å²) in [6, 6.07) is 10.8. The van der Waals surface area contributed by atoms with Crippen molar-refractivity contribution < 1.29 is 4.79 Å². The van der Waals surface area contributed by atoms with E-state index < -0.39 is 5.54 Å². The average molecular weight is 325 g/mol. The molecule has 2 aliphatic rings. The molecule has 0 bridgehead atoms. The number of nitrogens with zero attached hydrogens (tertiary/aromatic N) is 1. The number of nitrogens with one attached hydrogen (secondary N) is 2. The van der Waals surface area contributed by atoms with Gasteiger partial charge in [0.05, 0.1) is 12.1 Å². The topological polar surface area (TPSA) is 64.9 Å². The Morgan fingerprint density at radius 2 is 2.00 bits per heavy atom. The fourth-order valence-electron chi connectivity index (χ4n) is 4.07. The Bertz CT molecular complexity index is 628. The molecule has 1 amide bonds. The van der Waals surface area contributed by atoms with Gasteiger partial charge < -0.3 is 5.32 Å². The molecule has 4 nitrogen and oxygen atoms in total. The number of rotatable bonds is 4. The standard InChI is InChI=1S/C20H27N3O/c1-15(19(24)23-20(14-21)12-5-2-6-13-20)22-18-11-7-9-16-8-3-4-10-17(16)18/h3-4,8,10,15,18,22H,2,5-7,9,11-13H2,1H3,(H,23,24). The zero-order valence-corrected chi connectivity index (χ0v) is 14.5. The third kappa shape index (κ3) is 3.62. The molecule has 2 N–H and O–H groups in total. The molecule has 0 aromatic heterocycles. The lowest BCUT2D eigenvalue weighted by Gasteiger charge is -2.34. The molecule has 2 unspecified atom stereocenters. The van der Waals surface area contributed by atoms with E-state index in [1.54, 1.807) is 0 Å². The number of nitriles is 1. The molecule has 128 valence electrons. The van der Waals surface area contributed by atoms with Crippen LogP contribution in [0, 0.1) is 11.3 Å². The van der Waals surface area contributed by atoms with Crippen molar-refractivity contribution in [2.45, 2.75) is 75.9 Å². The maximum Gasteiger partial charge on any atom is 0.238 e. The molecular weight excluding hydrogens is 298 g/mol. The van der Waals surface area contributed by atoms with Gasteiger partial charge >= 0.3 is 0 Å². The monoisotopic (exact) mass is 325 g/mol. The van der Waals surface area contributed by atoms with Crippen molar-refractivity contribution in [3.8, 4) is 6.07 Å². The minimum absolute atomic E-state index is 0.0542. The largest absolute Gasteiger partial charge is 0.336 e. The van der Waals surface area contributed by atoms with Crippen molar-refractivity contribution in [3.63, 3.8) is 0 Å². The molecule has 0 spiro atoms. The van der Waals surface area contributed by atoms with Crippen LogP contribution in [0.15, 0.2) is 24.3 Å². The third-order valence-corrected chi connectivity index (χ3v) is 5.50. The lowest BCUT2D eigenvalue weighted by Crippen LogP contribution is -2.54. The normalized spacial score (nSPS) is 23.6. The SMILES string of the molecule is CC(NC1CCCc2ccccc21)C(=O)NC1(C#N)CCCCC1. The number of fused-ring (bicyclic) bond motifs is 1. The van der Waals surface area contributed by atoms with Gasteiger partial charge in [-0.15, -0.1) is 0 Å². The molecule has 2 atom stereocenters. The summed E-state index contributed by atoms with van der Waals surface area (Å²) in [5.41, 5.74) is 2.04. The van der Waals surface area contributed by atoms with Gasteiger partial charge in [-0.05, 0) is 50.2 Å². The predicted molar refractivity (Wildman–Crippen MR) is 94.3 cm³/mol. The lowest BCUT2D eigenvalue weighted by molar-refractivity contribution is -0.124. The second-order valence-corrected chi connectivity index (χ2v) is 7.28. The van der Waals surface area contributed by atoms with Crippen molar-refractivity contribution in [3.05, 3.63) is 35.4 Å². The van der Waals surface area contributed by atoms with Crippen LogP contribution < -0.4 is 10.6 Å². The van der Waals surface area contributed by atoms with Crippen LogP contribution in [0.1, 0.15) is 69.0 Å². The second kappa shape index (κ2) is 7.36. The molecule has 0 saturated heterocycles. The minimum Gasteiger partial charge on any atom is -0.336 e. The van der Waals surface area contributed by atoms with Crippen molar-refractivity contribution in [1.82, 2.24) is 10.6 Å². The van der Waals surface area contributed by atoms with Gasteiger partial charge in [-0.2, -0.15) is 5.26 Å². The van der Waals surface area contributed by atoms with Crippen molar-refractivity contribution in [2.75, 3.05) is 0 Å². The molecule has 1 saturated carbocycles. The Morgan fingerprint density at radius 3 is 2.75 bits per heavy atom. The fourth-order valence-corrected chi connectivity index (χ4v) is 4.07. The van der Waals surface area contributed by atoms with Gasteiger partial charge in [-0.25, -0.2) is 0 Å². The minimum atomic E-state index is -0.657. The Hall–Kier alpha value is -1.86. The third-order valence-electron chi connectivity index (χ3n) is 5.50. The van der Waals surface area contributed by atoms with Crippen LogP contribution in [0.25, 0.3) is 0 Å². The summed E-state index contributed by atoms with van der Waals surface area (Å²) in [7, 11) is 0. The molecule has 0 aliphatic heterocycles. The average Bonchev–Trinajstić information content (AvgIpc) is 2.62. The number of hydrogen-bond acceptors (Lipinski definition) is 3. The summed E-state index contributed by atoms with van der Waals surface area (Å²) in [5, 5.41) is 16.1. The molecule has 0 radical (unpaired) electrons. The molecule has 1 aromatic carbocycles. The van der Waals surface area contributed by atoms with E-state index in [2.05, 4.69) is 41.0 Å². The fraction of sp³-hybridized carbons (Fsp3) is 0.600. The maximum absolute atomic E-state index is 12.6. The summed E-state index contributed by atoms with van der Waals surface area (Å²) >= 11 is 0. The van der Waals surface area contributed by atoms with Crippen molar-refractivity contribution in [1.29, 1.82) is 5.26 Å². The molecule has 1 fully saturated rings. The summed E-state index contributed by atoms with van der Waals surface area (Å²) in [6.45, 7) is 1.90. The van der Waals surface area contributed by atoms with E-state index in [1.807, 2.05) is 6.92 Å². The summed E-state index contributed by atoms with van der Waals surface area (Å²) in [6.07, 6.45) is 8.06. The molecule has 3 rings (SSSR count). The molecule has 0 heterocycles. The van der Waals surface area contributed by atoms with E-state index in [0.29, 0.717) is 0 Å². The molecule has 1 aromatic rings. The first-order chi connectivity index (χ1) is 11.6. The van der Waals surface area contributed by atoms with Crippen molar-refractivity contribution in [2.24, 2.45) is 0 Å². The Labute approximate surface area is 144 Å². The predicted octanol–water partition coefficient (Wildman–Crippen LogP) is 3.38. The first-order valence-electron chi connectivity index (χ1n) is 9.21. The number of carbonyl (C=O) groups excluding carboxylic acids is 1. The van der Waals surface area contributed by atoms with E-state index in [0.717, 1.165) is 51.4 Å². The molecule has 2 aliphatic carbocycles. The number of aryl methyl sites for hydroxylation is 1. The number of amides is 1. The van der Waals surface area contributed by atoms with Gasteiger partial charge in [0.2, 0.25) is 5.91 Å². The Kier molecular flexibility index (Phi) is 5.20. The van der Waals surface area contributed by atoms with Crippen LogP contribution in [0.4, 0.5) is 0 Å². The number of hydrogen-bond donors (Lipinski definition) is 2. The van der Waals surface area contributed by atoms with Gasteiger partial charge in [-0.1, -0.05) is 43.5 Å². The molecule has 4 heteroatoms. The van der Waals surface area contributed by atoms with Crippen LogP contribution >= 0.6 is 0 Å². The highest BCUT2D eigenvalue weighted by atomic mass is 16.2. The van der Waals surface area contributed by atoms with Crippen LogP contribution in [0.5, 0.6) is 0 Å². The highest BCUT2D eigenvalue weighted by Crippen LogP contribution is 2.30. The highest BCUT2D eigenvalue weighted by molar-refractivity contribution is 5.82. The Morgan fingerprint density at radius 1 is 1.25 bits per heavy atom. The first kappa shape index (κ1) is 17.0. The van der Waals surface area contributed by atoms with E-state index in [9.17, 15) is 10.1 Å². The van der Waals surface area contributed by atoms with E-state index in [-0.39, 0.29) is 18.0 Å². The first-order valence-corrected chi connectivity index (χ1v) is 9.21. The highest BCUT2D eigenvalue weighted by Gasteiger charge is 2.35. The van der Waals surface area contributed by atoms with Gasteiger partial charge in [0.25, 0.3) is 0 Å². The quantitative estimate of drug-likeness (QED) is 0.892. The van der Waals surface area contributed by atoms with Crippen LogP contribution in [0.3, 0.4) is 0 Å². The van der Waals surface area contributed by atoms with Crippen LogP contribution in [0.2, 0.25) is 0 Å². The molecular formula is C20H27N3O. The van der Waals surface area contributed by atoms with Crippen LogP contribution in [-0.2, 0) is 11.2 Å². The van der Waals surface area contributed by atoms with E-state index in [1.165, 1.54) is 11.1 Å².